The van der Waals surface area contributed by atoms with Crippen LogP contribution in [0.25, 0.3) is 16.6 Å². The van der Waals surface area contributed by atoms with Gasteiger partial charge in [0.15, 0.2) is 0 Å². The van der Waals surface area contributed by atoms with Crippen LogP contribution >= 0.6 is 11.9 Å². The van der Waals surface area contributed by atoms with Gasteiger partial charge in [-0.3, -0.25) is 9.52 Å². The first-order chi connectivity index (χ1) is 17.3. The van der Waals surface area contributed by atoms with Crippen LogP contribution in [0.15, 0.2) is 36.8 Å². The number of anilines is 1. The highest BCUT2D eigenvalue weighted by atomic mass is 32.2. The van der Waals surface area contributed by atoms with Crippen molar-refractivity contribution in [3.05, 3.63) is 42.4 Å². The molecule has 0 spiro atoms. The van der Waals surface area contributed by atoms with E-state index in [0.717, 1.165) is 23.2 Å². The van der Waals surface area contributed by atoms with Gasteiger partial charge in [-0.2, -0.15) is 5.10 Å². The van der Waals surface area contributed by atoms with Crippen LogP contribution in [-0.2, 0) is 0 Å². The van der Waals surface area contributed by atoms with Crippen molar-refractivity contribution in [2.45, 2.75) is 68.4 Å². The molecule has 3 aromatic heterocycles. The fourth-order valence-corrected chi connectivity index (χ4v) is 3.56. The van der Waals surface area contributed by atoms with E-state index in [1.54, 1.807) is 29.8 Å². The third-order valence-corrected chi connectivity index (χ3v) is 5.82. The van der Waals surface area contributed by atoms with Gasteiger partial charge in [0.05, 0.1) is 30.1 Å². The standard InChI is InChI=1S/C21H28N6O2S.3C2H6/c1-13(21(2,3)12-25-30-5)26-19-16(20(22)28)10-24-27-11-15(8-17(19)27)14-6-7-18(29-4)23-9-14;3*1-2/h6-11,13,25-26H,12H2,1-5H3,(H2,22,28);3*1-2H3. The Hall–Kier alpha value is -2.78. The minimum Gasteiger partial charge on any atom is -0.481 e. The summed E-state index contributed by atoms with van der Waals surface area (Å²) in [5.74, 6) is 0.0301. The molecule has 3 aromatic rings. The number of nitrogens with zero attached hydrogens (tertiary/aromatic N) is 3. The number of nitrogens with two attached hydrogens (primary N) is 1. The number of nitrogens with one attached hydrogen (secondary N) is 2. The van der Waals surface area contributed by atoms with Crippen LogP contribution in [0.4, 0.5) is 5.69 Å². The number of carbonyl (C=O) groups excluding carboxylic acids is 1. The molecule has 3 rings (SSSR count). The van der Waals surface area contributed by atoms with E-state index in [9.17, 15) is 4.79 Å². The maximum atomic E-state index is 12.1. The Kier molecular flexibility index (Phi) is 15.5. The van der Waals surface area contributed by atoms with Crippen LogP contribution < -0.4 is 20.5 Å². The predicted octanol–water partition coefficient (Wildman–Crippen LogP) is 6.28. The minimum absolute atomic E-state index is 0.0578. The zero-order chi connectivity index (χ0) is 27.9. The van der Waals surface area contributed by atoms with Crippen LogP contribution in [-0.4, -0.2) is 46.5 Å². The van der Waals surface area contributed by atoms with Crippen molar-refractivity contribution < 1.29 is 9.53 Å². The van der Waals surface area contributed by atoms with E-state index in [1.807, 2.05) is 72.2 Å². The lowest BCUT2D eigenvalue weighted by molar-refractivity contribution is 0.100. The Morgan fingerprint density at radius 3 is 2.28 bits per heavy atom. The van der Waals surface area contributed by atoms with E-state index < -0.39 is 5.91 Å². The second kappa shape index (κ2) is 16.8. The summed E-state index contributed by atoms with van der Waals surface area (Å²) >= 11 is 1.59. The van der Waals surface area contributed by atoms with Gasteiger partial charge < -0.3 is 15.8 Å². The van der Waals surface area contributed by atoms with Gasteiger partial charge in [-0.1, -0.05) is 67.3 Å². The van der Waals surface area contributed by atoms with Gasteiger partial charge in [-0.25, -0.2) is 9.50 Å². The molecule has 0 aliphatic heterocycles. The highest BCUT2D eigenvalue weighted by molar-refractivity contribution is 7.96. The first-order valence-electron chi connectivity index (χ1n) is 12.6. The van der Waals surface area contributed by atoms with E-state index in [1.165, 1.54) is 6.20 Å². The fraction of sp³-hybridized carbons (Fsp3) is 0.519. The molecule has 0 fully saturated rings. The lowest BCUT2D eigenvalue weighted by Crippen LogP contribution is -2.40. The van der Waals surface area contributed by atoms with Crippen molar-refractivity contribution in [2.75, 3.05) is 25.2 Å². The van der Waals surface area contributed by atoms with Gasteiger partial charge >= 0.3 is 0 Å². The van der Waals surface area contributed by atoms with Crippen molar-refractivity contribution in [3.8, 4) is 17.0 Å². The summed E-state index contributed by atoms with van der Waals surface area (Å²) < 4.78 is 10.2. The largest absolute Gasteiger partial charge is 0.481 e. The number of aromatic nitrogens is 3. The van der Waals surface area contributed by atoms with Crippen molar-refractivity contribution in [3.63, 3.8) is 0 Å². The first-order valence-corrected chi connectivity index (χ1v) is 13.8. The molecular weight excluding hydrogens is 472 g/mol. The number of amides is 1. The number of rotatable bonds is 9. The van der Waals surface area contributed by atoms with Crippen LogP contribution in [0.1, 0.15) is 72.7 Å². The predicted molar refractivity (Wildman–Crippen MR) is 156 cm³/mol. The van der Waals surface area contributed by atoms with Crippen molar-refractivity contribution in [2.24, 2.45) is 11.1 Å². The second-order valence-electron chi connectivity index (χ2n) is 7.83. The molecule has 36 heavy (non-hydrogen) atoms. The number of pyridine rings is 1. The summed E-state index contributed by atoms with van der Waals surface area (Å²) in [6, 6.07) is 5.78. The molecule has 0 radical (unpaired) electrons. The molecule has 1 atom stereocenters. The number of primary amides is 1. The van der Waals surface area contributed by atoms with Crippen molar-refractivity contribution in [1.29, 1.82) is 0 Å². The summed E-state index contributed by atoms with van der Waals surface area (Å²) in [5.41, 5.74) is 9.24. The number of fused-ring (bicyclic) bond motifs is 1. The highest BCUT2D eigenvalue weighted by Crippen LogP contribution is 2.31. The number of ether oxygens (including phenoxy) is 1. The normalized spacial score (nSPS) is 11.1. The number of methoxy groups -OCH3 is 1. The molecule has 1 amide bonds. The molecule has 0 saturated heterocycles. The maximum Gasteiger partial charge on any atom is 0.252 e. The van der Waals surface area contributed by atoms with E-state index >= 15 is 0 Å². The third kappa shape index (κ3) is 8.71. The SMILES string of the molecule is CC.CC.CC.COc1ccc(-c2cc3c(NC(C)C(C)(C)CNSC)c(C(N)=O)cnn3c2)cn1. The zero-order valence-corrected chi connectivity index (χ0v) is 24.7. The van der Waals surface area contributed by atoms with E-state index in [4.69, 9.17) is 10.5 Å². The van der Waals surface area contributed by atoms with E-state index in [2.05, 4.69) is 40.9 Å². The Balaban J connectivity index is 0.00000190. The van der Waals surface area contributed by atoms with Gasteiger partial charge in [-0.15, -0.1) is 0 Å². The Labute approximate surface area is 221 Å². The van der Waals surface area contributed by atoms with Gasteiger partial charge in [-0.05, 0) is 30.7 Å². The lowest BCUT2D eigenvalue weighted by Gasteiger charge is -2.33. The summed E-state index contributed by atoms with van der Waals surface area (Å²) in [7, 11) is 1.58. The molecule has 4 N–H and O–H groups in total. The van der Waals surface area contributed by atoms with Crippen molar-refractivity contribution >= 4 is 29.1 Å². The average molecular weight is 519 g/mol. The smallest absolute Gasteiger partial charge is 0.252 e. The van der Waals surface area contributed by atoms with E-state index in [-0.39, 0.29) is 11.5 Å². The Bertz CT molecular complexity index is 1030. The Morgan fingerprint density at radius 1 is 1.14 bits per heavy atom. The number of carbonyl (C=O) groups is 1. The van der Waals surface area contributed by atoms with Gasteiger partial charge in [0, 0.05) is 42.2 Å². The molecule has 3 heterocycles. The molecule has 8 nitrogen and oxygen atoms in total. The van der Waals surface area contributed by atoms with Crippen LogP contribution in [0.2, 0.25) is 0 Å². The van der Waals surface area contributed by atoms with Gasteiger partial charge in [0.25, 0.3) is 5.91 Å². The molecular formula is C27H46N6O2S. The van der Waals surface area contributed by atoms with Gasteiger partial charge in [0.2, 0.25) is 5.88 Å². The molecule has 0 saturated carbocycles. The topological polar surface area (TPSA) is 107 Å². The van der Waals surface area contributed by atoms with Crippen LogP contribution in [0.3, 0.4) is 0 Å². The van der Waals surface area contributed by atoms with Crippen LogP contribution in [0, 0.1) is 5.41 Å². The maximum absolute atomic E-state index is 12.1. The quantitative estimate of drug-likeness (QED) is 0.286. The Morgan fingerprint density at radius 2 is 1.78 bits per heavy atom. The third-order valence-electron chi connectivity index (χ3n) is 5.39. The minimum atomic E-state index is -0.520. The van der Waals surface area contributed by atoms with Crippen LogP contribution in [0.5, 0.6) is 5.88 Å². The summed E-state index contributed by atoms with van der Waals surface area (Å²) in [6.45, 7) is 19.2. The molecule has 0 aromatic carbocycles. The second-order valence-corrected chi connectivity index (χ2v) is 8.52. The first kappa shape index (κ1) is 33.2. The molecule has 1 unspecified atom stereocenters. The van der Waals surface area contributed by atoms with E-state index in [0.29, 0.717) is 17.1 Å². The number of hydrogen-bond acceptors (Lipinski definition) is 7. The summed E-state index contributed by atoms with van der Waals surface area (Å²) in [5, 5.41) is 7.90. The molecule has 202 valence electrons. The summed E-state index contributed by atoms with van der Waals surface area (Å²) in [4.78, 5) is 16.4. The fourth-order valence-electron chi connectivity index (χ4n) is 3.05. The molecule has 0 bridgehead atoms. The number of hydrogen-bond donors (Lipinski definition) is 3. The average Bonchev–Trinajstić information content (AvgIpc) is 3.36. The zero-order valence-electron chi connectivity index (χ0n) is 23.9. The molecule has 0 aliphatic carbocycles. The summed E-state index contributed by atoms with van der Waals surface area (Å²) in [6.07, 6.45) is 7.16. The highest BCUT2D eigenvalue weighted by Gasteiger charge is 2.27. The molecule has 0 aliphatic rings. The molecule has 9 heteroatoms. The van der Waals surface area contributed by atoms with Crippen molar-refractivity contribution in [1.82, 2.24) is 19.3 Å². The monoisotopic (exact) mass is 518 g/mol. The lowest BCUT2D eigenvalue weighted by atomic mass is 9.85. The van der Waals surface area contributed by atoms with Gasteiger partial charge in [0.1, 0.15) is 0 Å².